The van der Waals surface area contributed by atoms with Crippen LogP contribution >= 0.6 is 58.0 Å². The Hall–Kier alpha value is -0.780. The van der Waals surface area contributed by atoms with Crippen molar-refractivity contribution in [3.63, 3.8) is 0 Å². The van der Waals surface area contributed by atoms with E-state index in [4.69, 9.17) is 63.1 Å². The smallest absolute Gasteiger partial charge is 0.307 e. The Labute approximate surface area is 149 Å². The van der Waals surface area contributed by atoms with Crippen molar-refractivity contribution in [2.45, 2.75) is 6.42 Å². The van der Waals surface area contributed by atoms with Crippen molar-refractivity contribution >= 4 is 64.0 Å². The molecular weight excluding hydrogens is 398 g/mol. The zero-order chi connectivity index (χ0) is 16.6. The molecule has 3 nitrogen and oxygen atoms in total. The first kappa shape index (κ1) is 17.6. The van der Waals surface area contributed by atoms with E-state index in [1.54, 1.807) is 0 Å². The van der Waals surface area contributed by atoms with Crippen LogP contribution in [0, 0.1) is 5.82 Å². The molecule has 0 atom stereocenters. The van der Waals surface area contributed by atoms with Crippen LogP contribution in [0.2, 0.25) is 25.1 Å². The van der Waals surface area contributed by atoms with Gasteiger partial charge in [0.1, 0.15) is 5.82 Å². The standard InChI is InChI=1S/C13H5Cl5FNO2/c14-8-7(9(15)11(17)12(18)10(8)16)13-4(2-6(21)22)1-5(19)3-20-13/h1,3H,2H2,(H,21,22). The molecular formula is C13H5Cl5FNO2. The number of pyridine rings is 1. The fourth-order valence-electron chi connectivity index (χ4n) is 1.82. The van der Waals surface area contributed by atoms with Crippen molar-refractivity contribution in [2.75, 3.05) is 0 Å². The van der Waals surface area contributed by atoms with Gasteiger partial charge >= 0.3 is 5.97 Å². The number of hydrogen-bond donors (Lipinski definition) is 1. The molecule has 1 N–H and O–H groups in total. The summed E-state index contributed by atoms with van der Waals surface area (Å²) < 4.78 is 13.3. The van der Waals surface area contributed by atoms with Gasteiger partial charge in [-0.3, -0.25) is 9.78 Å². The van der Waals surface area contributed by atoms with E-state index in [0.717, 1.165) is 12.3 Å². The summed E-state index contributed by atoms with van der Waals surface area (Å²) in [6, 6.07) is 1.03. The highest BCUT2D eigenvalue weighted by Gasteiger charge is 2.24. The fraction of sp³-hybridized carbons (Fsp3) is 0.0769. The third-order valence-corrected chi connectivity index (χ3v) is 5.00. The van der Waals surface area contributed by atoms with E-state index >= 15 is 0 Å². The average Bonchev–Trinajstić information content (AvgIpc) is 2.45. The molecule has 0 aliphatic carbocycles. The van der Waals surface area contributed by atoms with Crippen molar-refractivity contribution < 1.29 is 14.3 Å². The van der Waals surface area contributed by atoms with Crippen molar-refractivity contribution in [2.24, 2.45) is 0 Å². The zero-order valence-corrected chi connectivity index (χ0v) is 14.2. The summed E-state index contributed by atoms with van der Waals surface area (Å²) in [5, 5.41) is 8.68. The number of benzene rings is 1. The molecule has 2 aromatic rings. The Kier molecular flexibility index (Phi) is 5.41. The molecule has 0 bridgehead atoms. The first-order chi connectivity index (χ1) is 10.2. The van der Waals surface area contributed by atoms with Gasteiger partial charge in [0.05, 0.1) is 43.4 Å². The number of carboxylic acid groups (broad SMARTS) is 1. The Morgan fingerprint density at radius 1 is 1.05 bits per heavy atom. The van der Waals surface area contributed by atoms with Crippen molar-refractivity contribution in [1.29, 1.82) is 0 Å². The Bertz CT molecular complexity index is 753. The molecule has 22 heavy (non-hydrogen) atoms. The van der Waals surface area contributed by atoms with E-state index in [-0.39, 0.29) is 41.9 Å². The molecule has 9 heteroatoms. The number of rotatable bonds is 3. The van der Waals surface area contributed by atoms with Crippen LogP contribution in [0.1, 0.15) is 5.56 Å². The van der Waals surface area contributed by atoms with Gasteiger partial charge in [0.25, 0.3) is 0 Å². The SMILES string of the molecule is O=C(O)Cc1cc(F)cnc1-c1c(Cl)c(Cl)c(Cl)c(Cl)c1Cl. The molecule has 2 rings (SSSR count). The summed E-state index contributed by atoms with van der Waals surface area (Å²) in [7, 11) is 0. The molecule has 1 aromatic heterocycles. The Morgan fingerprint density at radius 3 is 2.05 bits per heavy atom. The van der Waals surface area contributed by atoms with Crippen molar-refractivity contribution in [3.8, 4) is 11.3 Å². The molecule has 1 aromatic carbocycles. The number of carbonyl (C=O) groups is 1. The molecule has 0 spiro atoms. The minimum Gasteiger partial charge on any atom is -0.481 e. The van der Waals surface area contributed by atoms with E-state index in [0.29, 0.717) is 0 Å². The van der Waals surface area contributed by atoms with Gasteiger partial charge in [-0.15, -0.1) is 0 Å². The first-order valence-electron chi connectivity index (χ1n) is 5.62. The van der Waals surface area contributed by atoms with E-state index in [2.05, 4.69) is 4.98 Å². The number of aromatic nitrogens is 1. The predicted molar refractivity (Wildman–Crippen MR) is 86.0 cm³/mol. The predicted octanol–water partition coefficient (Wildman–Crippen LogP) is 5.78. The van der Waals surface area contributed by atoms with Gasteiger partial charge in [-0.25, -0.2) is 4.39 Å². The van der Waals surface area contributed by atoms with Crippen LogP contribution in [0.25, 0.3) is 11.3 Å². The second-order valence-electron chi connectivity index (χ2n) is 4.18. The minimum absolute atomic E-state index is 0.0380. The lowest BCUT2D eigenvalue weighted by atomic mass is 10.0. The molecule has 1 heterocycles. The molecule has 0 amide bonds. The maximum atomic E-state index is 13.3. The van der Waals surface area contributed by atoms with Crippen LogP contribution in [0.5, 0.6) is 0 Å². The molecule has 0 radical (unpaired) electrons. The lowest BCUT2D eigenvalue weighted by Gasteiger charge is -2.14. The highest BCUT2D eigenvalue weighted by Crippen LogP contribution is 2.48. The normalized spacial score (nSPS) is 10.8. The molecule has 0 fully saturated rings. The molecule has 0 saturated carbocycles. The van der Waals surface area contributed by atoms with Gasteiger partial charge < -0.3 is 5.11 Å². The second-order valence-corrected chi connectivity index (χ2v) is 6.07. The van der Waals surface area contributed by atoms with E-state index in [1.165, 1.54) is 0 Å². The summed E-state index contributed by atoms with van der Waals surface area (Å²) in [5.41, 5.74) is 0.240. The summed E-state index contributed by atoms with van der Waals surface area (Å²) in [5.74, 6) is -1.87. The lowest BCUT2D eigenvalue weighted by Crippen LogP contribution is -2.04. The lowest BCUT2D eigenvalue weighted by molar-refractivity contribution is -0.136. The second kappa shape index (κ2) is 6.77. The zero-order valence-electron chi connectivity index (χ0n) is 10.4. The number of halogens is 6. The fourth-order valence-corrected chi connectivity index (χ4v) is 3.13. The quantitative estimate of drug-likeness (QED) is 0.522. The highest BCUT2D eigenvalue weighted by atomic mass is 35.5. The van der Waals surface area contributed by atoms with Gasteiger partial charge in [0, 0.05) is 5.56 Å². The van der Waals surface area contributed by atoms with E-state index in [9.17, 15) is 9.18 Å². The highest BCUT2D eigenvalue weighted by molar-refractivity contribution is 6.56. The maximum Gasteiger partial charge on any atom is 0.307 e. The van der Waals surface area contributed by atoms with Crippen molar-refractivity contribution in [1.82, 2.24) is 4.98 Å². The third-order valence-electron chi connectivity index (χ3n) is 2.72. The van der Waals surface area contributed by atoms with Crippen LogP contribution in [0.4, 0.5) is 4.39 Å². The number of hydrogen-bond acceptors (Lipinski definition) is 2. The van der Waals surface area contributed by atoms with Crippen LogP contribution in [-0.2, 0) is 11.2 Å². The molecule has 0 aliphatic heterocycles. The summed E-state index contributed by atoms with van der Waals surface area (Å²) >= 11 is 30.1. The van der Waals surface area contributed by atoms with Crippen LogP contribution in [0.3, 0.4) is 0 Å². The van der Waals surface area contributed by atoms with Gasteiger partial charge in [-0.1, -0.05) is 58.0 Å². The van der Waals surface area contributed by atoms with Crippen LogP contribution < -0.4 is 0 Å². The molecule has 0 saturated heterocycles. The van der Waals surface area contributed by atoms with E-state index < -0.39 is 18.2 Å². The maximum absolute atomic E-state index is 13.3. The first-order valence-corrected chi connectivity index (χ1v) is 7.51. The third kappa shape index (κ3) is 3.26. The summed E-state index contributed by atoms with van der Waals surface area (Å²) in [6.07, 6.45) is 0.425. The van der Waals surface area contributed by atoms with Gasteiger partial charge in [0.2, 0.25) is 0 Å². The summed E-state index contributed by atoms with van der Waals surface area (Å²) in [4.78, 5) is 14.8. The van der Waals surface area contributed by atoms with Crippen molar-refractivity contribution in [3.05, 3.63) is 48.8 Å². The number of aliphatic carboxylic acids is 1. The molecule has 0 unspecified atom stereocenters. The van der Waals surface area contributed by atoms with Gasteiger partial charge in [-0.2, -0.15) is 0 Å². The number of carboxylic acids is 1. The van der Waals surface area contributed by atoms with Gasteiger partial charge in [0.15, 0.2) is 0 Å². The Morgan fingerprint density at radius 2 is 1.55 bits per heavy atom. The molecule has 0 aliphatic rings. The minimum atomic E-state index is -1.17. The van der Waals surface area contributed by atoms with E-state index in [1.807, 2.05) is 0 Å². The summed E-state index contributed by atoms with van der Waals surface area (Å²) in [6.45, 7) is 0. The molecule has 116 valence electrons. The Balaban J connectivity index is 2.80. The average molecular weight is 403 g/mol. The topological polar surface area (TPSA) is 50.2 Å². The van der Waals surface area contributed by atoms with Crippen LogP contribution in [-0.4, -0.2) is 16.1 Å². The largest absolute Gasteiger partial charge is 0.481 e. The van der Waals surface area contributed by atoms with Crippen LogP contribution in [0.15, 0.2) is 12.3 Å². The van der Waals surface area contributed by atoms with Gasteiger partial charge in [-0.05, 0) is 11.6 Å². The number of nitrogens with zero attached hydrogens (tertiary/aromatic N) is 1. The monoisotopic (exact) mass is 401 g/mol.